The summed E-state index contributed by atoms with van der Waals surface area (Å²) in [5.74, 6) is -0.234. The van der Waals surface area contributed by atoms with Gasteiger partial charge in [-0.3, -0.25) is 4.79 Å². The lowest BCUT2D eigenvalue weighted by Gasteiger charge is -2.31. The second-order valence-corrected chi connectivity index (χ2v) is 9.50. The molecule has 1 aliphatic carbocycles. The summed E-state index contributed by atoms with van der Waals surface area (Å²) >= 11 is 3.32. The van der Waals surface area contributed by atoms with Crippen molar-refractivity contribution in [3.8, 4) is 0 Å². The molecule has 1 saturated carbocycles. The minimum absolute atomic E-state index is 0.0117. The predicted octanol–water partition coefficient (Wildman–Crippen LogP) is 2.91. The molecule has 2 aliphatic rings. The van der Waals surface area contributed by atoms with E-state index in [1.54, 1.807) is 24.3 Å². The molecule has 1 saturated heterocycles. The van der Waals surface area contributed by atoms with Gasteiger partial charge in [0.05, 0.1) is 10.8 Å². The third-order valence-corrected chi connectivity index (χ3v) is 7.32. The van der Waals surface area contributed by atoms with Crippen molar-refractivity contribution in [2.75, 3.05) is 13.1 Å². The van der Waals surface area contributed by atoms with Crippen LogP contribution in [0.25, 0.3) is 0 Å². The van der Waals surface area contributed by atoms with Gasteiger partial charge in [-0.15, -0.1) is 0 Å². The van der Waals surface area contributed by atoms with E-state index in [1.807, 2.05) is 0 Å². The number of amides is 1. The summed E-state index contributed by atoms with van der Waals surface area (Å²) in [7, 11) is -3.54. The summed E-state index contributed by atoms with van der Waals surface area (Å²) in [6, 6.07) is 6.92. The molecule has 1 aromatic carbocycles. The highest BCUT2D eigenvalue weighted by molar-refractivity contribution is 9.10. The first-order valence-electron chi connectivity index (χ1n) is 8.53. The third kappa shape index (κ3) is 4.00. The van der Waals surface area contributed by atoms with E-state index in [9.17, 15) is 13.2 Å². The van der Waals surface area contributed by atoms with Gasteiger partial charge in [-0.1, -0.05) is 28.8 Å². The van der Waals surface area contributed by atoms with E-state index in [4.69, 9.17) is 0 Å². The van der Waals surface area contributed by atoms with Gasteiger partial charge in [0.25, 0.3) is 0 Å². The molecule has 1 aliphatic heterocycles. The van der Waals surface area contributed by atoms with Gasteiger partial charge >= 0.3 is 0 Å². The topological polar surface area (TPSA) is 66.5 Å². The molecule has 1 atom stereocenters. The molecule has 1 amide bonds. The van der Waals surface area contributed by atoms with E-state index in [-0.39, 0.29) is 29.3 Å². The second kappa shape index (κ2) is 7.54. The molecular weight excluding hydrogens is 392 g/mol. The zero-order valence-corrected chi connectivity index (χ0v) is 16.0. The van der Waals surface area contributed by atoms with E-state index >= 15 is 0 Å². The van der Waals surface area contributed by atoms with Crippen LogP contribution in [-0.2, 0) is 14.8 Å². The first kappa shape index (κ1) is 17.9. The lowest BCUT2D eigenvalue weighted by molar-refractivity contribution is -0.126. The van der Waals surface area contributed by atoms with Crippen molar-refractivity contribution < 1.29 is 13.2 Å². The van der Waals surface area contributed by atoms with Gasteiger partial charge in [-0.2, -0.15) is 4.31 Å². The van der Waals surface area contributed by atoms with E-state index in [0.29, 0.717) is 6.54 Å². The number of hydrogen-bond donors (Lipinski definition) is 1. The summed E-state index contributed by atoms with van der Waals surface area (Å²) in [5.41, 5.74) is 0. The van der Waals surface area contributed by atoms with Crippen molar-refractivity contribution in [1.29, 1.82) is 0 Å². The summed E-state index contributed by atoms with van der Waals surface area (Å²) in [5, 5.41) is 3.10. The highest BCUT2D eigenvalue weighted by Crippen LogP contribution is 2.26. The molecule has 0 spiro atoms. The number of carbonyl (C=O) groups excluding carboxylic acids is 1. The molecule has 0 radical (unpaired) electrons. The van der Waals surface area contributed by atoms with Gasteiger partial charge in [-0.25, -0.2) is 8.42 Å². The SMILES string of the molecule is O=C(NC1CCCC1)[C@H]1CCCN(S(=O)(=O)c2ccc(Br)cc2)C1. The minimum Gasteiger partial charge on any atom is -0.353 e. The van der Waals surface area contributed by atoms with Gasteiger partial charge in [0.1, 0.15) is 0 Å². The summed E-state index contributed by atoms with van der Waals surface area (Å²) in [4.78, 5) is 12.7. The van der Waals surface area contributed by atoms with Crippen LogP contribution in [0.5, 0.6) is 0 Å². The number of nitrogens with zero attached hydrogens (tertiary/aromatic N) is 1. The van der Waals surface area contributed by atoms with Crippen LogP contribution in [0.15, 0.2) is 33.6 Å². The molecule has 132 valence electrons. The normalized spacial score (nSPS) is 23.3. The Bertz CT molecular complexity index is 684. The molecule has 1 N–H and O–H groups in total. The standard InChI is InChI=1S/C17H23BrN2O3S/c18-14-7-9-16(10-8-14)24(22,23)20-11-3-4-13(12-20)17(21)19-15-5-1-2-6-15/h7-10,13,15H,1-6,11-12H2,(H,19,21)/t13-/m0/s1. The summed E-state index contributed by atoms with van der Waals surface area (Å²) < 4.78 is 27.9. The molecule has 0 unspecified atom stereocenters. The number of nitrogens with one attached hydrogen (secondary N) is 1. The van der Waals surface area contributed by atoms with Crippen LogP contribution in [0.1, 0.15) is 38.5 Å². The molecule has 1 aromatic rings. The maximum Gasteiger partial charge on any atom is 0.243 e. The van der Waals surface area contributed by atoms with E-state index < -0.39 is 10.0 Å². The quantitative estimate of drug-likeness (QED) is 0.823. The fourth-order valence-corrected chi connectivity index (χ4v) is 5.31. The Morgan fingerprint density at radius 3 is 2.42 bits per heavy atom. The van der Waals surface area contributed by atoms with Crippen LogP contribution in [-0.4, -0.2) is 37.8 Å². The lowest BCUT2D eigenvalue weighted by Crippen LogP contribution is -2.47. The van der Waals surface area contributed by atoms with Crippen molar-refractivity contribution >= 4 is 31.9 Å². The number of sulfonamides is 1. The van der Waals surface area contributed by atoms with Crippen LogP contribution in [0.3, 0.4) is 0 Å². The molecule has 7 heteroatoms. The number of rotatable bonds is 4. The molecule has 5 nitrogen and oxygen atoms in total. The van der Waals surface area contributed by atoms with Crippen molar-refractivity contribution in [1.82, 2.24) is 9.62 Å². The first-order valence-corrected chi connectivity index (χ1v) is 10.8. The Morgan fingerprint density at radius 2 is 1.75 bits per heavy atom. The zero-order chi connectivity index (χ0) is 17.2. The number of halogens is 1. The first-order chi connectivity index (χ1) is 11.5. The monoisotopic (exact) mass is 414 g/mol. The molecule has 24 heavy (non-hydrogen) atoms. The number of piperidine rings is 1. The molecule has 0 aromatic heterocycles. The Balaban J connectivity index is 1.68. The fourth-order valence-electron chi connectivity index (χ4n) is 3.52. The third-order valence-electron chi connectivity index (χ3n) is 4.91. The van der Waals surface area contributed by atoms with Gasteiger partial charge in [-0.05, 0) is 49.9 Å². The minimum atomic E-state index is -3.54. The van der Waals surface area contributed by atoms with Crippen LogP contribution in [0.2, 0.25) is 0 Å². The fraction of sp³-hybridized carbons (Fsp3) is 0.588. The number of benzene rings is 1. The Kier molecular flexibility index (Phi) is 5.62. The second-order valence-electron chi connectivity index (χ2n) is 6.65. The van der Waals surface area contributed by atoms with E-state index in [1.165, 1.54) is 17.1 Å². The van der Waals surface area contributed by atoms with E-state index in [0.717, 1.165) is 30.2 Å². The Morgan fingerprint density at radius 1 is 1.08 bits per heavy atom. The van der Waals surface area contributed by atoms with Crippen LogP contribution < -0.4 is 5.32 Å². The van der Waals surface area contributed by atoms with Gasteiger partial charge in [0, 0.05) is 23.6 Å². The highest BCUT2D eigenvalue weighted by atomic mass is 79.9. The van der Waals surface area contributed by atoms with Gasteiger partial charge in [0.15, 0.2) is 0 Å². The average Bonchev–Trinajstić information content (AvgIpc) is 3.08. The molecule has 3 rings (SSSR count). The smallest absolute Gasteiger partial charge is 0.243 e. The van der Waals surface area contributed by atoms with Crippen LogP contribution in [0.4, 0.5) is 0 Å². The van der Waals surface area contributed by atoms with Crippen molar-refractivity contribution in [3.63, 3.8) is 0 Å². The number of carbonyl (C=O) groups is 1. The Hall–Kier alpha value is -0.920. The van der Waals surface area contributed by atoms with Crippen LogP contribution in [0, 0.1) is 5.92 Å². The van der Waals surface area contributed by atoms with Crippen molar-refractivity contribution in [2.45, 2.75) is 49.5 Å². The summed E-state index contributed by atoms with van der Waals surface area (Å²) in [6.07, 6.45) is 5.89. The molecule has 1 heterocycles. The molecule has 2 fully saturated rings. The van der Waals surface area contributed by atoms with Crippen LogP contribution >= 0.6 is 15.9 Å². The largest absolute Gasteiger partial charge is 0.353 e. The van der Waals surface area contributed by atoms with Gasteiger partial charge < -0.3 is 5.32 Å². The molecular formula is C17H23BrN2O3S. The summed E-state index contributed by atoms with van der Waals surface area (Å²) in [6.45, 7) is 0.753. The average molecular weight is 415 g/mol. The van der Waals surface area contributed by atoms with Gasteiger partial charge in [0.2, 0.25) is 15.9 Å². The zero-order valence-electron chi connectivity index (χ0n) is 13.6. The maximum absolute atomic E-state index is 12.8. The maximum atomic E-state index is 12.8. The lowest BCUT2D eigenvalue weighted by atomic mass is 9.98. The predicted molar refractivity (Wildman–Crippen MR) is 96.0 cm³/mol. The number of hydrogen-bond acceptors (Lipinski definition) is 3. The molecule has 0 bridgehead atoms. The highest BCUT2D eigenvalue weighted by Gasteiger charge is 2.34. The Labute approximate surface area is 152 Å². The van der Waals surface area contributed by atoms with Crippen molar-refractivity contribution in [3.05, 3.63) is 28.7 Å². The van der Waals surface area contributed by atoms with Crippen molar-refractivity contribution in [2.24, 2.45) is 5.92 Å². The van der Waals surface area contributed by atoms with E-state index in [2.05, 4.69) is 21.2 Å².